The normalized spacial score (nSPS) is 14.5. The third kappa shape index (κ3) is 10.1. The van der Waals surface area contributed by atoms with Gasteiger partial charge in [0.05, 0.1) is 22.5 Å². The van der Waals surface area contributed by atoms with Crippen molar-refractivity contribution >= 4 is 88.5 Å². The standard InChI is InChI=1S/C20H18Cl2N2O6S4.C6H15N/c21-13-3-5-17-15(9-13)23(7-1-2-8-33(25,26)27)19(31-17)11-20-24(12-34(28,29)30)16-10-14(22)4-6-18(16)32-20;1-4-7(5-2)6-3/h3-6,9-11H,1-2,7-8,12H2,(H-,25,26,27,28,29,30);4-6H2,1-3H3. The Labute approximate surface area is 260 Å². The van der Waals surface area contributed by atoms with E-state index in [9.17, 15) is 21.4 Å². The monoisotopic (exact) mass is 681 g/mol. The summed E-state index contributed by atoms with van der Waals surface area (Å²) in [6, 6.07) is 10.5. The number of rotatable bonds is 11. The van der Waals surface area contributed by atoms with Gasteiger partial charge in [-0.15, -0.1) is 0 Å². The molecule has 9 nitrogen and oxygen atoms in total. The van der Waals surface area contributed by atoms with Crippen molar-refractivity contribution in [3.63, 3.8) is 0 Å². The highest BCUT2D eigenvalue weighted by molar-refractivity contribution is 8.04. The maximum Gasteiger partial charge on any atom is 0.266 e. The van der Waals surface area contributed by atoms with Crippen LogP contribution in [-0.2, 0) is 26.1 Å². The van der Waals surface area contributed by atoms with Gasteiger partial charge in [0.25, 0.3) is 15.1 Å². The molecule has 0 aliphatic carbocycles. The largest absolute Gasteiger partial charge is 0.743 e. The number of hydrogen-bond donors (Lipinski definition) is 1. The van der Waals surface area contributed by atoms with Crippen LogP contribution in [0.2, 0.25) is 10.0 Å². The van der Waals surface area contributed by atoms with Crippen molar-refractivity contribution in [2.24, 2.45) is 0 Å². The van der Waals surface area contributed by atoms with Crippen molar-refractivity contribution in [3.05, 3.63) is 56.5 Å². The lowest BCUT2D eigenvalue weighted by Gasteiger charge is -2.20. The summed E-state index contributed by atoms with van der Waals surface area (Å²) in [5.74, 6) is -1.09. The highest BCUT2D eigenvalue weighted by Crippen LogP contribution is 2.48. The van der Waals surface area contributed by atoms with Crippen LogP contribution in [0, 0.1) is 0 Å². The zero-order chi connectivity index (χ0) is 30.4. The van der Waals surface area contributed by atoms with Gasteiger partial charge in [-0.25, -0.2) is 8.42 Å². The fourth-order valence-corrected chi connectivity index (χ4v) is 8.05. The van der Waals surface area contributed by atoms with Gasteiger partial charge in [0.2, 0.25) is 11.4 Å². The molecule has 0 saturated heterocycles. The molecule has 41 heavy (non-hydrogen) atoms. The molecule has 0 fully saturated rings. The lowest BCUT2D eigenvalue weighted by Crippen LogP contribution is -2.39. The average molecular weight is 683 g/mol. The lowest BCUT2D eigenvalue weighted by atomic mass is 10.2. The number of benzene rings is 2. The Balaban J connectivity index is 0.000000587. The van der Waals surface area contributed by atoms with Crippen LogP contribution < -0.4 is 9.47 Å². The van der Waals surface area contributed by atoms with E-state index in [-0.39, 0.29) is 12.2 Å². The first kappa shape index (κ1) is 34.1. The molecule has 0 radical (unpaired) electrons. The lowest BCUT2D eigenvalue weighted by molar-refractivity contribution is -0.649. The number of fused-ring (bicyclic) bond motifs is 2. The van der Waals surface area contributed by atoms with Crippen molar-refractivity contribution < 1.29 is 30.5 Å². The van der Waals surface area contributed by atoms with E-state index < -0.39 is 26.1 Å². The van der Waals surface area contributed by atoms with Crippen molar-refractivity contribution in [2.75, 3.05) is 36.8 Å². The molecular formula is C26H33Cl2N3O6S4. The molecule has 15 heteroatoms. The van der Waals surface area contributed by atoms with Gasteiger partial charge >= 0.3 is 0 Å². The van der Waals surface area contributed by atoms with Crippen molar-refractivity contribution in [1.82, 2.24) is 4.90 Å². The Hall–Kier alpha value is -1.42. The Morgan fingerprint density at radius 3 is 2.22 bits per heavy atom. The molecule has 1 aliphatic heterocycles. The third-order valence-corrected chi connectivity index (χ3v) is 10.4. The SMILES string of the molecule is CCN(CC)CC.O=S(=O)([O-])C[n+]1c(C=C2Sc3ccc(Cl)cc3N2CCCCS(=O)(=O)O)sc2ccc(Cl)cc21. The quantitative estimate of drug-likeness (QED) is 0.149. The van der Waals surface area contributed by atoms with E-state index in [4.69, 9.17) is 27.8 Å². The Morgan fingerprint density at radius 2 is 1.63 bits per heavy atom. The molecule has 226 valence electrons. The molecule has 0 bridgehead atoms. The zero-order valence-corrected chi connectivity index (χ0v) is 27.7. The zero-order valence-electron chi connectivity index (χ0n) is 22.9. The average Bonchev–Trinajstić information content (AvgIpc) is 3.38. The van der Waals surface area contributed by atoms with Gasteiger partial charge < -0.3 is 14.4 Å². The van der Waals surface area contributed by atoms with Crippen LogP contribution in [0.4, 0.5) is 5.69 Å². The van der Waals surface area contributed by atoms with Gasteiger partial charge in [0.1, 0.15) is 4.70 Å². The molecule has 0 amide bonds. The van der Waals surface area contributed by atoms with Crippen molar-refractivity contribution in [3.8, 4) is 0 Å². The fraction of sp³-hybridized carbons (Fsp3) is 0.423. The van der Waals surface area contributed by atoms with Crippen LogP contribution >= 0.6 is 46.3 Å². The highest BCUT2D eigenvalue weighted by Gasteiger charge is 2.29. The number of halogens is 2. The molecule has 3 aromatic rings. The van der Waals surface area contributed by atoms with Gasteiger partial charge in [-0.1, -0.05) is 67.1 Å². The summed E-state index contributed by atoms with van der Waals surface area (Å²) in [5, 5.41) is 2.26. The smallest absolute Gasteiger partial charge is 0.266 e. The van der Waals surface area contributed by atoms with Crippen LogP contribution in [0.25, 0.3) is 16.3 Å². The minimum Gasteiger partial charge on any atom is -0.743 e. The molecule has 0 spiro atoms. The summed E-state index contributed by atoms with van der Waals surface area (Å²) >= 11 is 15.1. The second-order valence-electron chi connectivity index (χ2n) is 9.13. The minimum atomic E-state index is -4.58. The van der Waals surface area contributed by atoms with Gasteiger partial charge in [-0.2, -0.15) is 13.0 Å². The first-order valence-electron chi connectivity index (χ1n) is 12.9. The Morgan fingerprint density at radius 1 is 1.00 bits per heavy atom. The summed E-state index contributed by atoms with van der Waals surface area (Å²) in [6.45, 7) is 10.6. The highest BCUT2D eigenvalue weighted by atomic mass is 35.5. The van der Waals surface area contributed by atoms with Crippen LogP contribution in [0.15, 0.2) is 46.3 Å². The summed E-state index contributed by atoms with van der Waals surface area (Å²) < 4.78 is 68.2. The first-order valence-corrected chi connectivity index (χ1v) is 18.5. The van der Waals surface area contributed by atoms with Crippen LogP contribution in [-0.4, -0.2) is 62.8 Å². The van der Waals surface area contributed by atoms with E-state index >= 15 is 0 Å². The predicted molar refractivity (Wildman–Crippen MR) is 168 cm³/mol. The number of nitrogens with zero attached hydrogens (tertiary/aromatic N) is 3. The van der Waals surface area contributed by atoms with E-state index in [1.165, 1.54) is 47.3 Å². The van der Waals surface area contributed by atoms with E-state index in [1.54, 1.807) is 36.4 Å². The van der Waals surface area contributed by atoms with Crippen LogP contribution in [0.5, 0.6) is 0 Å². The third-order valence-electron chi connectivity index (χ3n) is 6.29. The molecule has 0 atom stereocenters. The van der Waals surface area contributed by atoms with Crippen molar-refractivity contribution in [2.45, 2.75) is 44.4 Å². The molecule has 1 aromatic heterocycles. The fourth-order valence-electron chi connectivity index (χ4n) is 4.22. The second-order valence-corrected chi connectivity index (χ2v) is 15.1. The summed E-state index contributed by atoms with van der Waals surface area (Å²) in [4.78, 5) is 5.26. The van der Waals surface area contributed by atoms with E-state index in [2.05, 4.69) is 25.7 Å². The Bertz CT molecular complexity index is 1600. The maximum absolute atomic E-state index is 11.6. The minimum absolute atomic E-state index is 0.263. The van der Waals surface area contributed by atoms with Crippen molar-refractivity contribution in [1.29, 1.82) is 0 Å². The Kier molecular flexibility index (Phi) is 12.3. The first-order chi connectivity index (χ1) is 19.2. The number of hydrogen-bond acceptors (Lipinski definition) is 9. The molecule has 2 aromatic carbocycles. The summed E-state index contributed by atoms with van der Waals surface area (Å²) in [6.07, 6.45) is 2.53. The van der Waals surface area contributed by atoms with E-state index in [0.29, 0.717) is 33.5 Å². The number of unbranched alkanes of at least 4 members (excludes halogenated alkanes) is 1. The summed E-state index contributed by atoms with van der Waals surface area (Å²) in [5.41, 5.74) is 1.37. The van der Waals surface area contributed by atoms with Gasteiger partial charge in [-0.3, -0.25) is 4.55 Å². The number of thioether (sulfide) groups is 1. The van der Waals surface area contributed by atoms with E-state index in [0.717, 1.165) is 20.3 Å². The molecule has 0 saturated carbocycles. The molecule has 1 N–H and O–H groups in total. The molecule has 4 rings (SSSR count). The molecule has 1 aliphatic rings. The molecule has 0 unspecified atom stereocenters. The second kappa shape index (κ2) is 14.8. The van der Waals surface area contributed by atoms with Gasteiger partial charge in [0.15, 0.2) is 10.1 Å². The summed E-state index contributed by atoms with van der Waals surface area (Å²) in [7, 11) is -8.63. The van der Waals surface area contributed by atoms with E-state index in [1.807, 2.05) is 11.0 Å². The molecular weight excluding hydrogens is 649 g/mol. The topological polar surface area (TPSA) is 122 Å². The number of thiazole rings is 1. The number of aromatic nitrogens is 1. The van der Waals surface area contributed by atoms with Gasteiger partial charge in [-0.05, 0) is 62.8 Å². The van der Waals surface area contributed by atoms with Crippen LogP contribution in [0.3, 0.4) is 0 Å². The number of anilines is 1. The maximum atomic E-state index is 11.6. The van der Waals surface area contributed by atoms with Gasteiger partial charge in [0, 0.05) is 27.6 Å². The molecule has 2 heterocycles. The predicted octanol–water partition coefficient (Wildman–Crippen LogP) is 5.93. The van der Waals surface area contributed by atoms with Crippen LogP contribution in [0.1, 0.15) is 38.6 Å².